The van der Waals surface area contributed by atoms with E-state index >= 15 is 0 Å². The lowest BCUT2D eigenvalue weighted by Crippen LogP contribution is -1.97. The number of hydrogen-bond donors (Lipinski definition) is 2. The molecular weight excluding hydrogens is 252 g/mol. The van der Waals surface area contributed by atoms with Gasteiger partial charge in [0, 0.05) is 11.9 Å². The maximum Gasteiger partial charge on any atom is 0.203 e. The smallest absolute Gasteiger partial charge is 0.203 e. The van der Waals surface area contributed by atoms with E-state index in [9.17, 15) is 0 Å². The minimum atomic E-state index is 0.330. The van der Waals surface area contributed by atoms with Gasteiger partial charge in [-0.1, -0.05) is 12.1 Å². The maximum atomic E-state index is 8.68. The second-order valence-electron chi connectivity index (χ2n) is 4.28. The van der Waals surface area contributed by atoms with Crippen LogP contribution in [0, 0.1) is 11.3 Å². The Morgan fingerprint density at radius 1 is 1.15 bits per heavy atom. The summed E-state index contributed by atoms with van der Waals surface area (Å²) in [5.74, 6) is 1.07. The molecule has 2 aromatic heterocycles. The van der Waals surface area contributed by atoms with Gasteiger partial charge in [0.2, 0.25) is 5.76 Å². The number of H-pyrrole nitrogens is 1. The van der Waals surface area contributed by atoms with Gasteiger partial charge in [0.25, 0.3) is 0 Å². The Balaban J connectivity index is 1.65. The molecule has 98 valence electrons. The summed E-state index contributed by atoms with van der Waals surface area (Å²) in [7, 11) is 0. The minimum absolute atomic E-state index is 0.330. The van der Waals surface area contributed by atoms with Crippen LogP contribution in [0.1, 0.15) is 11.5 Å². The minimum Gasteiger partial charge on any atom is -0.449 e. The van der Waals surface area contributed by atoms with Crippen molar-refractivity contribution < 1.29 is 4.42 Å². The lowest BCUT2D eigenvalue weighted by Gasteiger charge is -2.05. The van der Waals surface area contributed by atoms with E-state index in [1.165, 1.54) is 0 Å². The third-order valence-electron chi connectivity index (χ3n) is 2.94. The van der Waals surface area contributed by atoms with Crippen molar-refractivity contribution in [1.29, 1.82) is 5.26 Å². The quantitative estimate of drug-likeness (QED) is 0.758. The van der Waals surface area contributed by atoms with Crippen molar-refractivity contribution >= 4 is 5.69 Å². The average molecular weight is 264 g/mol. The van der Waals surface area contributed by atoms with E-state index in [4.69, 9.17) is 9.68 Å². The Morgan fingerprint density at radius 2 is 2.00 bits per heavy atom. The van der Waals surface area contributed by atoms with Crippen molar-refractivity contribution in [2.45, 2.75) is 6.54 Å². The molecule has 0 atom stereocenters. The van der Waals surface area contributed by atoms with E-state index in [0.29, 0.717) is 12.3 Å². The van der Waals surface area contributed by atoms with Crippen LogP contribution in [0.4, 0.5) is 5.69 Å². The summed E-state index contributed by atoms with van der Waals surface area (Å²) in [6.45, 7) is 0.547. The predicted octanol–water partition coefficient (Wildman–Crippen LogP) is 3.15. The van der Waals surface area contributed by atoms with Crippen LogP contribution < -0.4 is 5.32 Å². The molecule has 2 heterocycles. The molecule has 0 fully saturated rings. The first kappa shape index (κ1) is 12.1. The Morgan fingerprint density at radius 3 is 2.65 bits per heavy atom. The molecule has 0 unspecified atom stereocenters. The number of nitrogens with zero attached hydrogens (tertiary/aromatic N) is 2. The maximum absolute atomic E-state index is 8.68. The fraction of sp³-hybridized carbons (Fsp3) is 0.0667. The first-order chi connectivity index (χ1) is 9.85. The van der Waals surface area contributed by atoms with Gasteiger partial charge in [0.15, 0.2) is 0 Å². The topological polar surface area (TPSA) is 77.6 Å². The van der Waals surface area contributed by atoms with Crippen LogP contribution in [0.3, 0.4) is 0 Å². The number of nitriles is 1. The molecule has 0 bridgehead atoms. The summed E-state index contributed by atoms with van der Waals surface area (Å²) >= 11 is 0. The zero-order chi connectivity index (χ0) is 13.8. The number of rotatable bonds is 4. The van der Waals surface area contributed by atoms with Crippen molar-refractivity contribution in [2.75, 3.05) is 5.32 Å². The molecule has 5 heteroatoms. The molecule has 3 rings (SSSR count). The van der Waals surface area contributed by atoms with Gasteiger partial charge in [-0.15, -0.1) is 0 Å². The number of aromatic nitrogens is 2. The van der Waals surface area contributed by atoms with Crippen molar-refractivity contribution in [1.82, 2.24) is 10.2 Å². The number of aromatic amines is 1. The molecule has 2 N–H and O–H groups in total. The Labute approximate surface area is 115 Å². The van der Waals surface area contributed by atoms with Crippen LogP contribution in [0.15, 0.2) is 53.1 Å². The number of benzene rings is 1. The number of anilines is 1. The molecule has 0 saturated carbocycles. The number of hydrogen-bond acceptors (Lipinski definition) is 4. The lowest BCUT2D eigenvalue weighted by atomic mass is 10.1. The van der Waals surface area contributed by atoms with E-state index in [0.717, 1.165) is 22.7 Å². The highest BCUT2D eigenvalue weighted by molar-refractivity contribution is 5.62. The highest BCUT2D eigenvalue weighted by atomic mass is 16.3. The third kappa shape index (κ3) is 2.54. The second kappa shape index (κ2) is 5.33. The van der Waals surface area contributed by atoms with E-state index in [-0.39, 0.29) is 0 Å². The number of nitrogens with one attached hydrogen (secondary N) is 2. The monoisotopic (exact) mass is 264 g/mol. The van der Waals surface area contributed by atoms with E-state index in [1.807, 2.05) is 36.4 Å². The standard InChI is InChI=1S/C15H12N4O/c16-9-13-5-6-14(20-13)10-17-12-3-1-11(2-4-12)15-7-8-18-19-15/h1-8,17H,10H2,(H,18,19). The highest BCUT2D eigenvalue weighted by Crippen LogP contribution is 2.19. The molecular formula is C15H12N4O. The third-order valence-corrected chi connectivity index (χ3v) is 2.94. The Hall–Kier alpha value is -3.00. The van der Waals surface area contributed by atoms with Crippen LogP contribution in [-0.4, -0.2) is 10.2 Å². The summed E-state index contributed by atoms with van der Waals surface area (Å²) in [6.07, 6.45) is 1.73. The first-order valence-corrected chi connectivity index (χ1v) is 6.17. The molecule has 0 radical (unpaired) electrons. The van der Waals surface area contributed by atoms with Crippen molar-refractivity contribution in [3.05, 3.63) is 60.2 Å². The normalized spacial score (nSPS) is 10.2. The van der Waals surface area contributed by atoms with Crippen molar-refractivity contribution in [3.8, 4) is 17.3 Å². The lowest BCUT2D eigenvalue weighted by molar-refractivity contribution is 0.506. The summed E-state index contributed by atoms with van der Waals surface area (Å²) in [6, 6.07) is 15.4. The van der Waals surface area contributed by atoms with Gasteiger partial charge in [-0.25, -0.2) is 0 Å². The van der Waals surface area contributed by atoms with E-state index in [1.54, 1.807) is 18.3 Å². The van der Waals surface area contributed by atoms with Gasteiger partial charge in [-0.3, -0.25) is 5.10 Å². The molecule has 5 nitrogen and oxygen atoms in total. The van der Waals surface area contributed by atoms with E-state index < -0.39 is 0 Å². The molecule has 0 aliphatic heterocycles. The van der Waals surface area contributed by atoms with Gasteiger partial charge in [-0.2, -0.15) is 10.4 Å². The van der Waals surface area contributed by atoms with Crippen LogP contribution >= 0.6 is 0 Å². The summed E-state index contributed by atoms with van der Waals surface area (Å²) in [4.78, 5) is 0. The van der Waals surface area contributed by atoms with Crippen LogP contribution in [0.25, 0.3) is 11.3 Å². The fourth-order valence-corrected chi connectivity index (χ4v) is 1.91. The molecule has 3 aromatic rings. The van der Waals surface area contributed by atoms with Crippen LogP contribution in [0.2, 0.25) is 0 Å². The van der Waals surface area contributed by atoms with Gasteiger partial charge in [0.05, 0.1) is 12.2 Å². The molecule has 0 aliphatic carbocycles. The number of furan rings is 1. The molecule has 0 amide bonds. The SMILES string of the molecule is N#Cc1ccc(CNc2ccc(-c3ccn[nH]3)cc2)o1. The predicted molar refractivity (Wildman–Crippen MR) is 74.8 cm³/mol. The fourth-order valence-electron chi connectivity index (χ4n) is 1.91. The second-order valence-corrected chi connectivity index (χ2v) is 4.28. The summed E-state index contributed by atoms with van der Waals surface area (Å²) in [5, 5.41) is 18.8. The Kier molecular flexibility index (Phi) is 3.21. The average Bonchev–Trinajstić information content (AvgIpc) is 3.17. The molecule has 20 heavy (non-hydrogen) atoms. The Bertz CT molecular complexity index is 720. The molecule has 1 aromatic carbocycles. The largest absolute Gasteiger partial charge is 0.449 e. The van der Waals surface area contributed by atoms with Gasteiger partial charge >= 0.3 is 0 Å². The van der Waals surface area contributed by atoms with Crippen LogP contribution in [-0.2, 0) is 6.54 Å². The van der Waals surface area contributed by atoms with Gasteiger partial charge < -0.3 is 9.73 Å². The first-order valence-electron chi connectivity index (χ1n) is 6.17. The zero-order valence-electron chi connectivity index (χ0n) is 10.6. The van der Waals surface area contributed by atoms with Gasteiger partial charge in [0.1, 0.15) is 11.8 Å². The molecule has 0 saturated heterocycles. The molecule has 0 spiro atoms. The van der Waals surface area contributed by atoms with Crippen LogP contribution in [0.5, 0.6) is 0 Å². The summed E-state index contributed by atoms with van der Waals surface area (Å²) < 4.78 is 5.30. The van der Waals surface area contributed by atoms with Crippen molar-refractivity contribution in [2.24, 2.45) is 0 Å². The van der Waals surface area contributed by atoms with E-state index in [2.05, 4.69) is 15.5 Å². The highest BCUT2D eigenvalue weighted by Gasteiger charge is 2.02. The van der Waals surface area contributed by atoms with Gasteiger partial charge in [-0.05, 0) is 35.9 Å². The van der Waals surface area contributed by atoms with Crippen molar-refractivity contribution in [3.63, 3.8) is 0 Å². The zero-order valence-corrected chi connectivity index (χ0v) is 10.6. The molecule has 0 aliphatic rings. The summed E-state index contributed by atoms with van der Waals surface area (Å²) in [5.41, 5.74) is 3.06.